The van der Waals surface area contributed by atoms with Crippen LogP contribution in [0.15, 0.2) is 24.3 Å². The Morgan fingerprint density at radius 3 is 2.50 bits per heavy atom. The maximum atomic E-state index is 9.85. The van der Waals surface area contributed by atoms with E-state index in [1.165, 1.54) is 11.1 Å². The van der Waals surface area contributed by atoms with E-state index in [1.807, 2.05) is 6.92 Å². The molecule has 2 N–H and O–H groups in total. The fourth-order valence-electron chi connectivity index (χ4n) is 2.55. The van der Waals surface area contributed by atoms with E-state index in [4.69, 9.17) is 9.47 Å². The zero-order valence-corrected chi connectivity index (χ0v) is 12.2. The minimum Gasteiger partial charge on any atom is -0.389 e. The Balaban J connectivity index is 1.57. The molecule has 0 fully saturated rings. The molecule has 0 spiro atoms. The Bertz CT molecular complexity index is 372. The summed E-state index contributed by atoms with van der Waals surface area (Å²) in [5.74, 6) is 0. The van der Waals surface area contributed by atoms with E-state index in [9.17, 15) is 5.11 Å². The van der Waals surface area contributed by atoms with Crippen molar-refractivity contribution in [2.24, 2.45) is 0 Å². The van der Waals surface area contributed by atoms with Gasteiger partial charge in [0.2, 0.25) is 0 Å². The van der Waals surface area contributed by atoms with Crippen LogP contribution in [0.5, 0.6) is 0 Å². The van der Waals surface area contributed by atoms with E-state index in [-0.39, 0.29) is 0 Å². The van der Waals surface area contributed by atoms with Crippen molar-refractivity contribution in [2.45, 2.75) is 31.9 Å². The summed E-state index contributed by atoms with van der Waals surface area (Å²) in [7, 11) is 0. The van der Waals surface area contributed by atoms with Crippen LogP contribution in [-0.4, -0.2) is 50.2 Å². The van der Waals surface area contributed by atoms with Gasteiger partial charge in [-0.25, -0.2) is 0 Å². The lowest BCUT2D eigenvalue weighted by Crippen LogP contribution is -2.38. The first-order valence-electron chi connectivity index (χ1n) is 7.43. The molecular formula is C16H25NO3. The summed E-state index contributed by atoms with van der Waals surface area (Å²) in [5.41, 5.74) is 2.85. The van der Waals surface area contributed by atoms with Gasteiger partial charge in [0.25, 0.3) is 0 Å². The van der Waals surface area contributed by atoms with Crippen molar-refractivity contribution in [1.29, 1.82) is 0 Å². The van der Waals surface area contributed by atoms with Crippen LogP contribution in [0, 0.1) is 0 Å². The summed E-state index contributed by atoms with van der Waals surface area (Å²) in [6, 6.07) is 8.98. The summed E-state index contributed by atoms with van der Waals surface area (Å²) in [6.07, 6.45) is 1.64. The van der Waals surface area contributed by atoms with Gasteiger partial charge >= 0.3 is 0 Å². The van der Waals surface area contributed by atoms with E-state index < -0.39 is 6.10 Å². The van der Waals surface area contributed by atoms with Crippen LogP contribution in [0.2, 0.25) is 0 Å². The van der Waals surface area contributed by atoms with Gasteiger partial charge in [-0.15, -0.1) is 0 Å². The second-order valence-corrected chi connectivity index (χ2v) is 5.21. The lowest BCUT2D eigenvalue weighted by Gasteiger charge is -2.16. The zero-order chi connectivity index (χ0) is 14.2. The normalized spacial score (nSPS) is 16.3. The van der Waals surface area contributed by atoms with Crippen molar-refractivity contribution in [3.63, 3.8) is 0 Å². The Morgan fingerprint density at radius 2 is 1.85 bits per heavy atom. The van der Waals surface area contributed by atoms with Gasteiger partial charge in [-0.3, -0.25) is 0 Å². The van der Waals surface area contributed by atoms with E-state index in [1.54, 1.807) is 0 Å². The van der Waals surface area contributed by atoms with Crippen molar-refractivity contribution in [3.05, 3.63) is 35.4 Å². The largest absolute Gasteiger partial charge is 0.389 e. The fraction of sp³-hybridized carbons (Fsp3) is 0.625. The lowest BCUT2D eigenvalue weighted by atomic mass is 10.1. The second kappa shape index (κ2) is 8.37. The van der Waals surface area contributed by atoms with Crippen LogP contribution in [0.1, 0.15) is 18.1 Å². The summed E-state index contributed by atoms with van der Waals surface area (Å²) >= 11 is 0. The smallest absolute Gasteiger partial charge is 0.0897 e. The molecule has 0 heterocycles. The predicted molar refractivity (Wildman–Crippen MR) is 79.0 cm³/mol. The summed E-state index contributed by atoms with van der Waals surface area (Å²) in [6.45, 7) is 4.73. The Hall–Kier alpha value is -0.940. The average Bonchev–Trinajstić information content (AvgIpc) is 2.88. The van der Waals surface area contributed by atoms with E-state index in [0.29, 0.717) is 39.0 Å². The van der Waals surface area contributed by atoms with Crippen LogP contribution < -0.4 is 5.32 Å². The number of aliphatic hydroxyl groups is 1. The van der Waals surface area contributed by atoms with Crippen molar-refractivity contribution < 1.29 is 14.6 Å². The SMILES string of the molecule is CCOCCOCC(O)CNC1Cc2ccccc2C1. The monoisotopic (exact) mass is 279 g/mol. The molecule has 1 unspecified atom stereocenters. The van der Waals surface area contributed by atoms with Crippen molar-refractivity contribution in [1.82, 2.24) is 5.32 Å². The Labute approximate surface area is 121 Å². The number of nitrogens with one attached hydrogen (secondary N) is 1. The first-order valence-corrected chi connectivity index (χ1v) is 7.43. The third kappa shape index (κ3) is 4.87. The van der Waals surface area contributed by atoms with Crippen molar-refractivity contribution in [2.75, 3.05) is 33.0 Å². The van der Waals surface area contributed by atoms with Gasteiger partial charge in [0.15, 0.2) is 0 Å². The standard InChI is InChI=1S/C16H25NO3/c1-2-19-7-8-20-12-16(18)11-17-15-9-13-5-3-4-6-14(13)10-15/h3-6,15-18H,2,7-12H2,1H3. The van der Waals surface area contributed by atoms with E-state index >= 15 is 0 Å². The first kappa shape index (κ1) is 15.4. The van der Waals surface area contributed by atoms with Crippen LogP contribution in [0.25, 0.3) is 0 Å². The molecular weight excluding hydrogens is 254 g/mol. The molecule has 1 aromatic rings. The third-order valence-electron chi connectivity index (χ3n) is 3.58. The zero-order valence-electron chi connectivity index (χ0n) is 12.2. The van der Waals surface area contributed by atoms with Gasteiger partial charge in [-0.05, 0) is 30.9 Å². The molecule has 1 aliphatic carbocycles. The maximum Gasteiger partial charge on any atom is 0.0897 e. The summed E-state index contributed by atoms with van der Waals surface area (Å²) in [5, 5.41) is 13.3. The molecule has 0 aliphatic heterocycles. The molecule has 0 saturated heterocycles. The molecule has 2 rings (SSSR count). The fourth-order valence-corrected chi connectivity index (χ4v) is 2.55. The molecule has 4 nitrogen and oxygen atoms in total. The minimum absolute atomic E-state index is 0.361. The molecule has 1 atom stereocenters. The number of hydrogen-bond acceptors (Lipinski definition) is 4. The summed E-state index contributed by atoms with van der Waals surface area (Å²) in [4.78, 5) is 0. The molecule has 1 aliphatic rings. The molecule has 0 aromatic heterocycles. The number of hydrogen-bond donors (Lipinski definition) is 2. The molecule has 0 amide bonds. The predicted octanol–water partition coefficient (Wildman–Crippen LogP) is 1.16. The maximum absolute atomic E-state index is 9.85. The molecule has 0 saturated carbocycles. The molecule has 0 radical (unpaired) electrons. The number of rotatable bonds is 9. The van der Waals surface area contributed by atoms with Crippen molar-refractivity contribution in [3.8, 4) is 0 Å². The highest BCUT2D eigenvalue weighted by molar-refractivity contribution is 5.33. The van der Waals surface area contributed by atoms with Gasteiger partial charge in [0.05, 0.1) is 25.9 Å². The highest BCUT2D eigenvalue weighted by Crippen LogP contribution is 2.21. The highest BCUT2D eigenvalue weighted by atomic mass is 16.5. The average molecular weight is 279 g/mol. The topological polar surface area (TPSA) is 50.7 Å². The quantitative estimate of drug-likeness (QED) is 0.666. The number of fused-ring (bicyclic) bond motifs is 1. The summed E-state index contributed by atoms with van der Waals surface area (Å²) < 4.78 is 10.5. The van der Waals surface area contributed by atoms with Crippen LogP contribution in [-0.2, 0) is 22.3 Å². The first-order chi connectivity index (χ1) is 9.79. The number of ether oxygens (including phenoxy) is 2. The van der Waals surface area contributed by atoms with Crippen LogP contribution >= 0.6 is 0 Å². The van der Waals surface area contributed by atoms with Crippen LogP contribution in [0.4, 0.5) is 0 Å². The van der Waals surface area contributed by atoms with E-state index in [0.717, 1.165) is 12.8 Å². The second-order valence-electron chi connectivity index (χ2n) is 5.21. The van der Waals surface area contributed by atoms with Gasteiger partial charge < -0.3 is 19.9 Å². The van der Waals surface area contributed by atoms with Gasteiger partial charge in [-0.1, -0.05) is 24.3 Å². The van der Waals surface area contributed by atoms with Crippen LogP contribution in [0.3, 0.4) is 0 Å². The van der Waals surface area contributed by atoms with Crippen molar-refractivity contribution >= 4 is 0 Å². The third-order valence-corrected chi connectivity index (χ3v) is 3.58. The van der Waals surface area contributed by atoms with Gasteiger partial charge in [0.1, 0.15) is 0 Å². The number of benzene rings is 1. The molecule has 0 bridgehead atoms. The molecule has 112 valence electrons. The Morgan fingerprint density at radius 1 is 1.20 bits per heavy atom. The van der Waals surface area contributed by atoms with E-state index in [2.05, 4.69) is 29.6 Å². The molecule has 4 heteroatoms. The molecule has 20 heavy (non-hydrogen) atoms. The lowest BCUT2D eigenvalue weighted by molar-refractivity contribution is 0.00581. The van der Waals surface area contributed by atoms with Gasteiger partial charge in [0, 0.05) is 19.2 Å². The minimum atomic E-state index is -0.458. The highest BCUT2D eigenvalue weighted by Gasteiger charge is 2.20. The Kier molecular flexibility index (Phi) is 6.47. The number of aliphatic hydroxyl groups excluding tert-OH is 1. The van der Waals surface area contributed by atoms with Gasteiger partial charge in [-0.2, -0.15) is 0 Å². The molecule has 1 aromatic carbocycles.